The number of hydrogen-bond acceptors (Lipinski definition) is 9. The van der Waals surface area contributed by atoms with E-state index in [4.69, 9.17) is 28.3 Å². The zero-order valence-corrected chi connectivity index (χ0v) is 21.3. The summed E-state index contributed by atoms with van der Waals surface area (Å²) in [5.74, 6) is 1.04. The van der Waals surface area contributed by atoms with E-state index in [0.29, 0.717) is 39.3 Å². The van der Waals surface area contributed by atoms with Crippen LogP contribution in [0.15, 0.2) is 93.4 Å². The van der Waals surface area contributed by atoms with Crippen molar-refractivity contribution < 1.29 is 28.2 Å². The van der Waals surface area contributed by atoms with Gasteiger partial charge in [0.05, 0.1) is 44.7 Å². The van der Waals surface area contributed by atoms with Crippen LogP contribution in [0.1, 0.15) is 16.1 Å². The molecular weight excluding hydrogens is 502 g/mol. The second kappa shape index (κ2) is 10.9. The van der Waals surface area contributed by atoms with E-state index in [2.05, 4.69) is 5.10 Å². The molecule has 0 aliphatic heterocycles. The van der Waals surface area contributed by atoms with Gasteiger partial charge in [-0.05, 0) is 48.5 Å². The highest BCUT2D eigenvalue weighted by Crippen LogP contribution is 2.40. The SMILES string of the molecule is COc1cc(-c2nc3ccccc3c(=O)n2N=Cc2ccccc2OC(=O)c2ccco2)cc(OC)c1OC. The number of esters is 1. The van der Waals surface area contributed by atoms with Gasteiger partial charge in [0.1, 0.15) is 5.75 Å². The van der Waals surface area contributed by atoms with Crippen LogP contribution in [-0.4, -0.2) is 43.2 Å². The van der Waals surface area contributed by atoms with Crippen LogP contribution in [0, 0.1) is 0 Å². The Morgan fingerprint density at radius 2 is 1.62 bits per heavy atom. The Kier molecular flexibility index (Phi) is 7.09. The van der Waals surface area contributed by atoms with Crippen LogP contribution in [-0.2, 0) is 0 Å². The lowest BCUT2D eigenvalue weighted by molar-refractivity contribution is 0.0701. The standard InChI is InChI=1S/C29H23N3O7/c1-35-24-15-19(16-25(36-2)26(24)37-3)27-31-21-11-6-5-10-20(21)28(33)32(27)30-17-18-9-4-7-12-22(18)39-29(34)23-13-8-14-38-23/h4-17H,1-3H3. The van der Waals surface area contributed by atoms with Gasteiger partial charge in [-0.1, -0.05) is 24.3 Å². The Balaban J connectivity index is 1.65. The van der Waals surface area contributed by atoms with Crippen LogP contribution in [0.25, 0.3) is 22.3 Å². The number of carbonyl (C=O) groups excluding carboxylic acids is 1. The van der Waals surface area contributed by atoms with E-state index < -0.39 is 11.5 Å². The fourth-order valence-corrected chi connectivity index (χ4v) is 3.97. The maximum atomic E-state index is 13.6. The van der Waals surface area contributed by atoms with Crippen molar-refractivity contribution in [3.05, 3.63) is 101 Å². The quantitative estimate of drug-likeness (QED) is 0.161. The normalized spacial score (nSPS) is 11.1. The van der Waals surface area contributed by atoms with Crippen molar-refractivity contribution in [2.45, 2.75) is 0 Å². The summed E-state index contributed by atoms with van der Waals surface area (Å²) in [4.78, 5) is 30.8. The molecule has 196 valence electrons. The maximum absolute atomic E-state index is 13.6. The van der Waals surface area contributed by atoms with Gasteiger partial charge in [0.2, 0.25) is 11.5 Å². The number of fused-ring (bicyclic) bond motifs is 1. The number of nitrogens with zero attached hydrogens (tertiary/aromatic N) is 3. The lowest BCUT2D eigenvalue weighted by atomic mass is 10.1. The van der Waals surface area contributed by atoms with Gasteiger partial charge in [-0.2, -0.15) is 9.78 Å². The summed E-state index contributed by atoms with van der Waals surface area (Å²) in [7, 11) is 4.51. The van der Waals surface area contributed by atoms with Crippen molar-refractivity contribution in [1.82, 2.24) is 9.66 Å². The minimum Gasteiger partial charge on any atom is -0.493 e. The molecule has 5 aromatic rings. The lowest BCUT2D eigenvalue weighted by Crippen LogP contribution is -2.20. The zero-order valence-electron chi connectivity index (χ0n) is 21.3. The third kappa shape index (κ3) is 4.95. The van der Waals surface area contributed by atoms with E-state index in [9.17, 15) is 9.59 Å². The number of rotatable bonds is 8. The number of furan rings is 1. The van der Waals surface area contributed by atoms with Crippen molar-refractivity contribution >= 4 is 23.1 Å². The van der Waals surface area contributed by atoms with E-state index in [0.717, 1.165) is 0 Å². The smallest absolute Gasteiger partial charge is 0.379 e. The van der Waals surface area contributed by atoms with Crippen molar-refractivity contribution in [3.63, 3.8) is 0 Å². The monoisotopic (exact) mass is 525 g/mol. The van der Waals surface area contributed by atoms with Gasteiger partial charge in [0.25, 0.3) is 5.56 Å². The summed E-state index contributed by atoms with van der Waals surface area (Å²) in [6.45, 7) is 0. The van der Waals surface area contributed by atoms with E-state index in [1.54, 1.807) is 66.7 Å². The van der Waals surface area contributed by atoms with Crippen LogP contribution in [0.5, 0.6) is 23.0 Å². The predicted molar refractivity (Wildman–Crippen MR) is 144 cm³/mol. The van der Waals surface area contributed by atoms with Crippen molar-refractivity contribution in [3.8, 4) is 34.4 Å². The summed E-state index contributed by atoms with van der Waals surface area (Å²) in [6, 6.07) is 20.2. The Morgan fingerprint density at radius 3 is 2.31 bits per heavy atom. The Bertz CT molecular complexity index is 1720. The molecule has 5 rings (SSSR count). The summed E-state index contributed by atoms with van der Waals surface area (Å²) in [5, 5.41) is 4.85. The molecule has 0 spiro atoms. The first-order chi connectivity index (χ1) is 19.0. The molecule has 0 radical (unpaired) electrons. The van der Waals surface area contributed by atoms with Crippen LogP contribution >= 0.6 is 0 Å². The molecule has 0 atom stereocenters. The van der Waals surface area contributed by atoms with Crippen LogP contribution in [0.4, 0.5) is 0 Å². The average molecular weight is 526 g/mol. The highest BCUT2D eigenvalue weighted by Gasteiger charge is 2.19. The first-order valence-electron chi connectivity index (χ1n) is 11.7. The van der Waals surface area contributed by atoms with E-state index in [1.807, 2.05) is 0 Å². The fraction of sp³-hybridized carbons (Fsp3) is 0.103. The number of carbonyl (C=O) groups is 1. The van der Waals surface area contributed by atoms with Crippen LogP contribution in [0.3, 0.4) is 0 Å². The predicted octanol–water partition coefficient (Wildman–Crippen LogP) is 4.78. The molecule has 0 unspecified atom stereocenters. The van der Waals surface area contributed by atoms with Gasteiger partial charge in [-0.15, -0.1) is 0 Å². The third-order valence-corrected chi connectivity index (χ3v) is 5.83. The van der Waals surface area contributed by atoms with E-state index in [1.165, 1.54) is 44.5 Å². The molecule has 2 heterocycles. The molecule has 0 bridgehead atoms. The number of aromatic nitrogens is 2. The van der Waals surface area contributed by atoms with Gasteiger partial charge in [0, 0.05) is 11.1 Å². The largest absolute Gasteiger partial charge is 0.493 e. The topological polar surface area (TPSA) is 114 Å². The Morgan fingerprint density at radius 1 is 0.897 bits per heavy atom. The molecule has 0 aliphatic carbocycles. The number of methoxy groups -OCH3 is 3. The summed E-state index contributed by atoms with van der Waals surface area (Å²) in [6.07, 6.45) is 2.80. The van der Waals surface area contributed by atoms with Crippen LogP contribution in [0.2, 0.25) is 0 Å². The second-order valence-corrected chi connectivity index (χ2v) is 8.13. The zero-order chi connectivity index (χ0) is 27.4. The Labute approximate surface area is 222 Å². The molecule has 10 heteroatoms. The molecular formula is C29H23N3O7. The summed E-state index contributed by atoms with van der Waals surface area (Å²) in [5.41, 5.74) is 1.05. The van der Waals surface area contributed by atoms with Crippen LogP contribution < -0.4 is 24.5 Å². The molecule has 39 heavy (non-hydrogen) atoms. The second-order valence-electron chi connectivity index (χ2n) is 8.13. The van der Waals surface area contributed by atoms with Gasteiger partial charge < -0.3 is 23.4 Å². The summed E-state index contributed by atoms with van der Waals surface area (Å²) >= 11 is 0. The molecule has 0 saturated heterocycles. The minimum absolute atomic E-state index is 0.0568. The Hall–Kier alpha value is -5.38. The maximum Gasteiger partial charge on any atom is 0.379 e. The molecule has 0 amide bonds. The first kappa shape index (κ1) is 25.3. The van der Waals surface area contributed by atoms with E-state index >= 15 is 0 Å². The number of para-hydroxylation sites is 2. The fourth-order valence-electron chi connectivity index (χ4n) is 3.97. The first-order valence-corrected chi connectivity index (χ1v) is 11.7. The van der Waals surface area contributed by atoms with Gasteiger partial charge in [-0.3, -0.25) is 4.79 Å². The van der Waals surface area contributed by atoms with Crippen molar-refractivity contribution in [1.29, 1.82) is 0 Å². The number of hydrogen-bond donors (Lipinski definition) is 0. The van der Waals surface area contributed by atoms with Crippen molar-refractivity contribution in [2.75, 3.05) is 21.3 Å². The average Bonchev–Trinajstić information content (AvgIpc) is 3.52. The summed E-state index contributed by atoms with van der Waals surface area (Å²) < 4.78 is 28.2. The highest BCUT2D eigenvalue weighted by molar-refractivity contribution is 5.91. The molecule has 0 N–H and O–H groups in total. The van der Waals surface area contributed by atoms with Gasteiger partial charge in [-0.25, -0.2) is 9.78 Å². The highest BCUT2D eigenvalue weighted by atomic mass is 16.5. The third-order valence-electron chi connectivity index (χ3n) is 5.83. The number of ether oxygens (including phenoxy) is 4. The lowest BCUT2D eigenvalue weighted by Gasteiger charge is -2.15. The molecule has 0 aliphatic rings. The molecule has 0 saturated carbocycles. The molecule has 10 nitrogen and oxygen atoms in total. The van der Waals surface area contributed by atoms with Crippen molar-refractivity contribution in [2.24, 2.45) is 5.10 Å². The molecule has 2 aromatic heterocycles. The van der Waals surface area contributed by atoms with E-state index in [-0.39, 0.29) is 17.3 Å². The van der Waals surface area contributed by atoms with Gasteiger partial charge >= 0.3 is 5.97 Å². The molecule has 0 fully saturated rings. The molecule has 3 aromatic carbocycles. The van der Waals surface area contributed by atoms with Gasteiger partial charge in [0.15, 0.2) is 17.3 Å². The minimum atomic E-state index is -0.663. The number of benzene rings is 3.